The van der Waals surface area contributed by atoms with Crippen molar-refractivity contribution in [1.29, 1.82) is 0 Å². The fourth-order valence-corrected chi connectivity index (χ4v) is 9.04. The molecule has 1 spiro atoms. The zero-order chi connectivity index (χ0) is 36.4. The molecule has 12 nitrogen and oxygen atoms in total. The fraction of sp³-hybridized carbons (Fsp3) is 0.439. The van der Waals surface area contributed by atoms with Crippen LogP contribution >= 0.6 is 0 Å². The van der Waals surface area contributed by atoms with Gasteiger partial charge in [-0.25, -0.2) is 4.98 Å². The molecule has 2 aromatic carbocycles. The standard InChI is InChI=1S/C41H45N7O5/c1-3-25-15-27(31-19-43-38(50)32-20-42-36(18-30(31)32)46-11-4-12-46)16-35(53-2)33(25)22-45-13-9-41(10-14-45)23-47(24-41)28-6-5-26-21-48(40(52)29(26)17-28)34-7-8-37(49)44-39(34)51/h5-6,15-20,34H,3-4,7-14,21-24H2,1-2H3,(H,43,50)(H,44,49,51). The number of aromatic amines is 1. The number of rotatable bonds is 8. The Morgan fingerprint density at radius 1 is 0.943 bits per heavy atom. The van der Waals surface area contributed by atoms with E-state index >= 15 is 0 Å². The minimum absolute atomic E-state index is 0.129. The number of benzene rings is 2. The van der Waals surface area contributed by atoms with Crippen molar-refractivity contribution in [3.8, 4) is 16.9 Å². The Hall–Kier alpha value is -5.23. The van der Waals surface area contributed by atoms with Crippen LogP contribution in [0.2, 0.25) is 0 Å². The van der Waals surface area contributed by atoms with E-state index in [9.17, 15) is 19.2 Å². The van der Waals surface area contributed by atoms with Crippen molar-refractivity contribution in [3.05, 3.63) is 81.4 Å². The monoisotopic (exact) mass is 715 g/mol. The van der Waals surface area contributed by atoms with Gasteiger partial charge in [0.1, 0.15) is 17.6 Å². The lowest BCUT2D eigenvalue weighted by Crippen LogP contribution is -2.60. The van der Waals surface area contributed by atoms with Crippen LogP contribution in [0.5, 0.6) is 5.75 Å². The molecule has 7 heterocycles. The highest BCUT2D eigenvalue weighted by Crippen LogP contribution is 2.44. The lowest BCUT2D eigenvalue weighted by atomic mass is 9.71. The number of anilines is 2. The van der Waals surface area contributed by atoms with E-state index in [1.165, 1.54) is 11.1 Å². The molecule has 0 bridgehead atoms. The van der Waals surface area contributed by atoms with Crippen molar-refractivity contribution in [2.75, 3.05) is 56.2 Å². The smallest absolute Gasteiger partial charge is 0.257 e. The molecule has 274 valence electrons. The Balaban J connectivity index is 0.868. The number of ether oxygens (including phenoxy) is 1. The predicted molar refractivity (Wildman–Crippen MR) is 202 cm³/mol. The Morgan fingerprint density at radius 3 is 2.47 bits per heavy atom. The van der Waals surface area contributed by atoms with E-state index in [4.69, 9.17) is 4.74 Å². The van der Waals surface area contributed by atoms with Crippen molar-refractivity contribution in [3.63, 3.8) is 0 Å². The number of aromatic nitrogens is 2. The molecule has 1 unspecified atom stereocenters. The third-order valence-electron chi connectivity index (χ3n) is 12.4. The summed E-state index contributed by atoms with van der Waals surface area (Å²) < 4.78 is 6.06. The molecule has 4 fully saturated rings. The van der Waals surface area contributed by atoms with Gasteiger partial charge in [0.05, 0.1) is 12.5 Å². The number of piperidine rings is 2. The second-order valence-corrected chi connectivity index (χ2v) is 15.5. The summed E-state index contributed by atoms with van der Waals surface area (Å²) in [5.41, 5.74) is 7.23. The Labute approximate surface area is 308 Å². The van der Waals surface area contributed by atoms with Crippen LogP contribution in [0.25, 0.3) is 21.9 Å². The molecule has 2 aromatic heterocycles. The summed E-state index contributed by atoms with van der Waals surface area (Å²) in [7, 11) is 1.74. The number of imide groups is 1. The molecule has 5 aliphatic rings. The number of nitrogens with one attached hydrogen (secondary N) is 2. The lowest BCUT2D eigenvalue weighted by molar-refractivity contribution is -0.136. The summed E-state index contributed by atoms with van der Waals surface area (Å²) in [5.74, 6) is 0.992. The topological polar surface area (TPSA) is 131 Å². The molecule has 53 heavy (non-hydrogen) atoms. The zero-order valence-electron chi connectivity index (χ0n) is 30.4. The quantitative estimate of drug-likeness (QED) is 0.258. The van der Waals surface area contributed by atoms with Gasteiger partial charge in [-0.15, -0.1) is 0 Å². The number of carbonyl (C=O) groups excluding carboxylic acids is 3. The van der Waals surface area contributed by atoms with Crippen molar-refractivity contribution in [1.82, 2.24) is 25.1 Å². The number of H-pyrrole nitrogens is 1. The maximum atomic E-state index is 13.4. The molecule has 4 aromatic rings. The highest BCUT2D eigenvalue weighted by molar-refractivity contribution is 6.05. The van der Waals surface area contributed by atoms with Crippen LogP contribution in [-0.2, 0) is 29.1 Å². The lowest BCUT2D eigenvalue weighted by Gasteiger charge is -2.55. The first-order chi connectivity index (χ1) is 25.7. The first kappa shape index (κ1) is 33.6. The summed E-state index contributed by atoms with van der Waals surface area (Å²) in [6.45, 7) is 9.31. The summed E-state index contributed by atoms with van der Waals surface area (Å²) >= 11 is 0. The second-order valence-electron chi connectivity index (χ2n) is 15.5. The van der Waals surface area contributed by atoms with E-state index < -0.39 is 6.04 Å². The van der Waals surface area contributed by atoms with Gasteiger partial charge in [-0.3, -0.25) is 29.4 Å². The first-order valence-electron chi connectivity index (χ1n) is 18.9. The molecule has 9 rings (SSSR count). The fourth-order valence-electron chi connectivity index (χ4n) is 9.04. The molecule has 1 atom stereocenters. The zero-order valence-corrected chi connectivity index (χ0v) is 30.4. The SMILES string of the molecule is CCc1cc(-c2c[nH]c(=O)c3cnc(N4CCC4)cc23)cc(OC)c1CN1CCC2(CC1)CN(c1ccc3c(c1)C(=O)N(C1CCC(=O)NC1=O)C3)C2. The average molecular weight is 716 g/mol. The molecule has 0 saturated carbocycles. The average Bonchev–Trinajstić information content (AvgIpc) is 3.45. The maximum absolute atomic E-state index is 13.4. The number of amides is 3. The largest absolute Gasteiger partial charge is 0.496 e. The number of aryl methyl sites for hydroxylation is 1. The van der Waals surface area contributed by atoms with Gasteiger partial charge >= 0.3 is 0 Å². The van der Waals surface area contributed by atoms with E-state index in [0.717, 1.165) is 111 Å². The maximum Gasteiger partial charge on any atom is 0.257 e. The highest BCUT2D eigenvalue weighted by atomic mass is 16.5. The number of methoxy groups -OCH3 is 1. The number of fused-ring (bicyclic) bond motifs is 2. The van der Waals surface area contributed by atoms with Crippen molar-refractivity contribution < 1.29 is 19.1 Å². The van der Waals surface area contributed by atoms with Crippen LogP contribution in [0.15, 0.2) is 53.6 Å². The summed E-state index contributed by atoms with van der Waals surface area (Å²) in [6.07, 6.45) is 8.38. The molecular formula is C41H45N7O5. The molecule has 0 aliphatic carbocycles. The molecule has 5 aliphatic heterocycles. The molecule has 2 N–H and O–H groups in total. The van der Waals surface area contributed by atoms with Gasteiger partial charge in [0.2, 0.25) is 11.8 Å². The van der Waals surface area contributed by atoms with Gasteiger partial charge < -0.3 is 24.4 Å². The molecular weight excluding hydrogens is 670 g/mol. The van der Waals surface area contributed by atoms with Gasteiger partial charge in [-0.05, 0) is 86.1 Å². The van der Waals surface area contributed by atoms with Crippen LogP contribution in [-0.4, -0.2) is 89.9 Å². The van der Waals surface area contributed by atoms with E-state index in [-0.39, 0.29) is 35.1 Å². The van der Waals surface area contributed by atoms with Crippen LogP contribution in [0.4, 0.5) is 11.5 Å². The molecule has 4 saturated heterocycles. The van der Waals surface area contributed by atoms with Gasteiger partial charge in [0, 0.05) is 91.3 Å². The molecule has 0 radical (unpaired) electrons. The summed E-state index contributed by atoms with van der Waals surface area (Å²) in [6, 6.07) is 11.9. The molecule has 12 heteroatoms. The minimum Gasteiger partial charge on any atom is -0.496 e. The number of nitrogens with zero attached hydrogens (tertiary/aromatic N) is 5. The summed E-state index contributed by atoms with van der Waals surface area (Å²) in [5, 5.41) is 3.87. The number of hydrogen-bond acceptors (Lipinski definition) is 9. The Bertz CT molecular complexity index is 2190. The van der Waals surface area contributed by atoms with E-state index in [1.54, 1.807) is 18.2 Å². The number of likely N-dealkylation sites (tertiary alicyclic amines) is 1. The van der Waals surface area contributed by atoms with Crippen molar-refractivity contribution >= 4 is 40.0 Å². The van der Waals surface area contributed by atoms with Crippen LogP contribution in [0.3, 0.4) is 0 Å². The number of hydrogen-bond donors (Lipinski definition) is 2. The van der Waals surface area contributed by atoms with Crippen LogP contribution < -0.4 is 25.4 Å². The Morgan fingerprint density at radius 2 is 1.75 bits per heavy atom. The van der Waals surface area contributed by atoms with Gasteiger partial charge in [0.25, 0.3) is 11.5 Å². The highest BCUT2D eigenvalue weighted by Gasteiger charge is 2.46. The van der Waals surface area contributed by atoms with E-state index in [2.05, 4.69) is 61.2 Å². The van der Waals surface area contributed by atoms with Gasteiger partial charge in [0.15, 0.2) is 0 Å². The number of pyridine rings is 2. The Kier molecular flexibility index (Phi) is 8.25. The summed E-state index contributed by atoms with van der Waals surface area (Å²) in [4.78, 5) is 66.6. The predicted octanol–water partition coefficient (Wildman–Crippen LogP) is 4.23. The van der Waals surface area contributed by atoms with E-state index in [0.29, 0.717) is 23.9 Å². The second kappa shape index (κ2) is 13.0. The van der Waals surface area contributed by atoms with Gasteiger partial charge in [-0.2, -0.15) is 0 Å². The normalized spacial score (nSPS) is 21.1. The number of carbonyl (C=O) groups is 3. The van der Waals surface area contributed by atoms with Crippen molar-refractivity contribution in [2.24, 2.45) is 5.41 Å². The van der Waals surface area contributed by atoms with Crippen molar-refractivity contribution in [2.45, 2.75) is 64.6 Å². The third-order valence-corrected chi connectivity index (χ3v) is 12.4. The van der Waals surface area contributed by atoms with Crippen LogP contribution in [0, 0.1) is 5.41 Å². The van der Waals surface area contributed by atoms with Gasteiger partial charge in [-0.1, -0.05) is 19.1 Å². The first-order valence-corrected chi connectivity index (χ1v) is 18.9. The van der Waals surface area contributed by atoms with Crippen LogP contribution in [0.1, 0.15) is 66.1 Å². The van der Waals surface area contributed by atoms with E-state index in [1.807, 2.05) is 18.3 Å². The minimum atomic E-state index is -0.600. The molecule has 3 amide bonds. The third kappa shape index (κ3) is 5.83.